The molecule has 0 saturated heterocycles. The molecule has 0 aromatic heterocycles. The number of aromatic hydroxyl groups is 1. The first-order valence-corrected chi connectivity index (χ1v) is 7.25. The molecule has 116 valence electrons. The van der Waals surface area contributed by atoms with Crippen LogP contribution in [0.3, 0.4) is 0 Å². The number of methoxy groups -OCH3 is 1. The summed E-state index contributed by atoms with van der Waals surface area (Å²) in [4.78, 5) is 14.2. The lowest BCUT2D eigenvalue weighted by Crippen LogP contribution is -2.41. The maximum Gasteiger partial charge on any atom is 0.225 e. The van der Waals surface area contributed by atoms with E-state index in [4.69, 9.17) is 4.74 Å². The summed E-state index contributed by atoms with van der Waals surface area (Å²) in [5.74, 6) is 0.154. The third kappa shape index (κ3) is 3.95. The fourth-order valence-electron chi connectivity index (χ4n) is 2.91. The SMILES string of the molecule is CO[C@@H]1C[C@H](C(=O)N(C)Cc2cccc(O)c2)CC[C@@H]1O. The molecule has 1 amide bonds. The lowest BCUT2D eigenvalue weighted by molar-refractivity contribution is -0.140. The van der Waals surface area contributed by atoms with E-state index in [1.54, 1.807) is 37.3 Å². The minimum Gasteiger partial charge on any atom is -0.508 e. The molecule has 5 heteroatoms. The van der Waals surface area contributed by atoms with Gasteiger partial charge in [-0.25, -0.2) is 0 Å². The fraction of sp³-hybridized carbons (Fsp3) is 0.562. The smallest absolute Gasteiger partial charge is 0.225 e. The standard InChI is InChI=1S/C16H23NO4/c1-17(10-11-4-3-5-13(18)8-11)16(20)12-6-7-14(19)15(9-12)21-2/h3-5,8,12,14-15,18-19H,6-7,9-10H2,1-2H3/t12-,14+,15-/m1/s1. The Kier molecular flexibility index (Phi) is 5.20. The first kappa shape index (κ1) is 15.8. The van der Waals surface area contributed by atoms with Gasteiger partial charge in [-0.15, -0.1) is 0 Å². The number of ether oxygens (including phenoxy) is 1. The quantitative estimate of drug-likeness (QED) is 0.883. The van der Waals surface area contributed by atoms with Crippen molar-refractivity contribution in [2.24, 2.45) is 5.92 Å². The summed E-state index contributed by atoms with van der Waals surface area (Å²) in [6.07, 6.45) is 1.09. The van der Waals surface area contributed by atoms with Gasteiger partial charge >= 0.3 is 0 Å². The highest BCUT2D eigenvalue weighted by Gasteiger charge is 2.34. The lowest BCUT2D eigenvalue weighted by Gasteiger charge is -2.33. The molecule has 0 spiro atoms. The van der Waals surface area contributed by atoms with Crippen molar-refractivity contribution in [3.63, 3.8) is 0 Å². The Morgan fingerprint density at radius 3 is 2.86 bits per heavy atom. The fourth-order valence-corrected chi connectivity index (χ4v) is 2.91. The molecular weight excluding hydrogens is 270 g/mol. The van der Waals surface area contributed by atoms with Crippen LogP contribution in [-0.4, -0.2) is 47.4 Å². The van der Waals surface area contributed by atoms with E-state index in [1.165, 1.54) is 0 Å². The zero-order valence-corrected chi connectivity index (χ0v) is 12.5. The summed E-state index contributed by atoms with van der Waals surface area (Å²) in [7, 11) is 3.33. The molecule has 1 aromatic rings. The molecule has 1 saturated carbocycles. The molecule has 0 unspecified atom stereocenters. The van der Waals surface area contributed by atoms with Gasteiger partial charge in [0, 0.05) is 26.6 Å². The molecule has 0 radical (unpaired) electrons. The van der Waals surface area contributed by atoms with Gasteiger partial charge in [-0.3, -0.25) is 4.79 Å². The van der Waals surface area contributed by atoms with Crippen LogP contribution < -0.4 is 0 Å². The monoisotopic (exact) mass is 293 g/mol. The summed E-state index contributed by atoms with van der Waals surface area (Å²) < 4.78 is 5.24. The number of phenolic OH excluding ortho intramolecular Hbond substituents is 1. The number of aliphatic hydroxyl groups is 1. The minimum absolute atomic E-state index is 0.0623. The summed E-state index contributed by atoms with van der Waals surface area (Å²) >= 11 is 0. The number of hydrogen-bond acceptors (Lipinski definition) is 4. The highest BCUT2D eigenvalue weighted by atomic mass is 16.5. The molecule has 2 rings (SSSR count). The zero-order valence-electron chi connectivity index (χ0n) is 12.5. The van der Waals surface area contributed by atoms with E-state index in [1.807, 2.05) is 6.07 Å². The molecule has 1 aliphatic rings. The summed E-state index contributed by atoms with van der Waals surface area (Å²) in [5, 5.41) is 19.3. The van der Waals surface area contributed by atoms with Crippen molar-refractivity contribution in [2.45, 2.75) is 38.0 Å². The Morgan fingerprint density at radius 1 is 1.43 bits per heavy atom. The molecule has 0 bridgehead atoms. The Morgan fingerprint density at radius 2 is 2.19 bits per heavy atom. The Balaban J connectivity index is 1.96. The molecule has 0 aliphatic heterocycles. The van der Waals surface area contributed by atoms with Gasteiger partial charge in [0.25, 0.3) is 0 Å². The third-order valence-corrected chi connectivity index (χ3v) is 4.12. The maximum absolute atomic E-state index is 12.5. The van der Waals surface area contributed by atoms with Crippen molar-refractivity contribution in [1.82, 2.24) is 4.90 Å². The van der Waals surface area contributed by atoms with Crippen LogP contribution in [0.5, 0.6) is 5.75 Å². The lowest BCUT2D eigenvalue weighted by atomic mass is 9.84. The van der Waals surface area contributed by atoms with Crippen LogP contribution in [0.2, 0.25) is 0 Å². The molecule has 1 fully saturated rings. The van der Waals surface area contributed by atoms with Gasteiger partial charge in [-0.2, -0.15) is 0 Å². The van der Waals surface area contributed by atoms with Crippen molar-refractivity contribution >= 4 is 5.91 Å². The number of carbonyl (C=O) groups is 1. The average molecular weight is 293 g/mol. The van der Waals surface area contributed by atoms with Crippen LogP contribution >= 0.6 is 0 Å². The first-order chi connectivity index (χ1) is 10.0. The van der Waals surface area contributed by atoms with E-state index in [0.717, 1.165) is 5.56 Å². The Bertz CT molecular complexity index is 491. The van der Waals surface area contributed by atoms with Crippen molar-refractivity contribution in [1.29, 1.82) is 0 Å². The number of rotatable bonds is 4. The molecular formula is C16H23NO4. The first-order valence-electron chi connectivity index (χ1n) is 7.25. The maximum atomic E-state index is 12.5. The molecule has 1 aliphatic carbocycles. The number of phenols is 1. The number of aliphatic hydroxyl groups excluding tert-OH is 1. The van der Waals surface area contributed by atoms with Crippen LogP contribution in [0.25, 0.3) is 0 Å². The predicted octanol–water partition coefficient (Wildman–Crippen LogP) is 1.53. The third-order valence-electron chi connectivity index (χ3n) is 4.12. The van der Waals surface area contributed by atoms with Gasteiger partial charge in [-0.1, -0.05) is 12.1 Å². The topological polar surface area (TPSA) is 70.0 Å². The Hall–Kier alpha value is -1.59. The largest absolute Gasteiger partial charge is 0.508 e. The highest BCUT2D eigenvalue weighted by molar-refractivity contribution is 5.78. The van der Waals surface area contributed by atoms with Gasteiger partial charge in [-0.05, 0) is 37.0 Å². The number of carbonyl (C=O) groups excluding carboxylic acids is 1. The van der Waals surface area contributed by atoms with Crippen molar-refractivity contribution in [3.05, 3.63) is 29.8 Å². The van der Waals surface area contributed by atoms with Gasteiger partial charge in [0.15, 0.2) is 0 Å². The van der Waals surface area contributed by atoms with E-state index in [-0.39, 0.29) is 23.7 Å². The normalized spacial score (nSPS) is 25.6. The number of hydrogen-bond donors (Lipinski definition) is 2. The van der Waals surface area contributed by atoms with Gasteiger partial charge in [0.1, 0.15) is 5.75 Å². The second-order valence-electron chi connectivity index (χ2n) is 5.72. The molecule has 5 nitrogen and oxygen atoms in total. The second kappa shape index (κ2) is 6.91. The average Bonchev–Trinajstić information content (AvgIpc) is 2.47. The van der Waals surface area contributed by atoms with Crippen molar-refractivity contribution < 1.29 is 19.7 Å². The number of nitrogens with zero attached hydrogens (tertiary/aromatic N) is 1. The van der Waals surface area contributed by atoms with Crippen LogP contribution in [0.15, 0.2) is 24.3 Å². The van der Waals surface area contributed by atoms with E-state index in [2.05, 4.69) is 0 Å². The Labute approximate surface area is 125 Å². The van der Waals surface area contributed by atoms with Gasteiger partial charge in [0.2, 0.25) is 5.91 Å². The van der Waals surface area contributed by atoms with Crippen molar-refractivity contribution in [2.75, 3.05) is 14.2 Å². The van der Waals surface area contributed by atoms with E-state index in [0.29, 0.717) is 25.8 Å². The number of amides is 1. The summed E-state index contributed by atoms with van der Waals surface area (Å²) in [6.45, 7) is 0.462. The molecule has 3 atom stereocenters. The number of benzene rings is 1. The summed E-state index contributed by atoms with van der Waals surface area (Å²) in [5.41, 5.74) is 0.894. The molecule has 2 N–H and O–H groups in total. The zero-order chi connectivity index (χ0) is 15.4. The van der Waals surface area contributed by atoms with Crippen LogP contribution in [0.1, 0.15) is 24.8 Å². The van der Waals surface area contributed by atoms with Gasteiger partial charge < -0.3 is 19.8 Å². The molecule has 0 heterocycles. The summed E-state index contributed by atoms with van der Waals surface area (Å²) in [6, 6.07) is 6.91. The van der Waals surface area contributed by atoms with Crippen molar-refractivity contribution in [3.8, 4) is 5.75 Å². The predicted molar refractivity (Wildman–Crippen MR) is 78.7 cm³/mol. The van der Waals surface area contributed by atoms with Crippen LogP contribution in [0, 0.1) is 5.92 Å². The van der Waals surface area contributed by atoms with E-state index >= 15 is 0 Å². The highest BCUT2D eigenvalue weighted by Crippen LogP contribution is 2.28. The van der Waals surface area contributed by atoms with Crippen LogP contribution in [-0.2, 0) is 16.1 Å². The van der Waals surface area contributed by atoms with Gasteiger partial charge in [0.05, 0.1) is 12.2 Å². The molecule has 21 heavy (non-hydrogen) atoms. The van der Waals surface area contributed by atoms with E-state index in [9.17, 15) is 15.0 Å². The second-order valence-corrected chi connectivity index (χ2v) is 5.72. The minimum atomic E-state index is -0.476. The van der Waals surface area contributed by atoms with E-state index < -0.39 is 6.10 Å². The van der Waals surface area contributed by atoms with Crippen LogP contribution in [0.4, 0.5) is 0 Å². The molecule has 1 aromatic carbocycles.